The van der Waals surface area contributed by atoms with Crippen LogP contribution >= 0.6 is 0 Å². The van der Waals surface area contributed by atoms with E-state index >= 15 is 0 Å². The van der Waals surface area contributed by atoms with Crippen LogP contribution in [0.1, 0.15) is 12.8 Å². The lowest BCUT2D eigenvalue weighted by Crippen LogP contribution is -2.09. The minimum atomic E-state index is -3.17. The van der Waals surface area contributed by atoms with Gasteiger partial charge in [-0.2, -0.15) is 0 Å². The SMILES string of the molecule is COc1ccc(S(=O)(=O)CCCCN)cc1. The standard InChI is InChI=1S/C11H17NO3S/c1-15-10-4-6-11(7-5-10)16(13,14)9-3-2-8-12/h4-7H,2-3,8-9,12H2,1H3. The smallest absolute Gasteiger partial charge is 0.178 e. The van der Waals surface area contributed by atoms with Crippen LogP contribution < -0.4 is 10.5 Å². The molecule has 5 heteroatoms. The van der Waals surface area contributed by atoms with Gasteiger partial charge in [-0.3, -0.25) is 0 Å². The molecule has 4 nitrogen and oxygen atoms in total. The summed E-state index contributed by atoms with van der Waals surface area (Å²) in [5.74, 6) is 0.803. The third-order valence-electron chi connectivity index (χ3n) is 2.29. The Morgan fingerprint density at radius 1 is 1.19 bits per heavy atom. The molecule has 16 heavy (non-hydrogen) atoms. The van der Waals surface area contributed by atoms with Gasteiger partial charge in [0, 0.05) is 0 Å². The van der Waals surface area contributed by atoms with Crippen molar-refractivity contribution in [3.63, 3.8) is 0 Å². The highest BCUT2D eigenvalue weighted by molar-refractivity contribution is 7.91. The van der Waals surface area contributed by atoms with Gasteiger partial charge in [-0.25, -0.2) is 8.42 Å². The van der Waals surface area contributed by atoms with Crippen molar-refractivity contribution in [1.29, 1.82) is 0 Å². The fourth-order valence-corrected chi connectivity index (χ4v) is 2.71. The molecule has 1 aromatic carbocycles. The maximum absolute atomic E-state index is 11.8. The summed E-state index contributed by atoms with van der Waals surface area (Å²) in [5, 5.41) is 0. The second-order valence-corrected chi connectivity index (χ2v) is 5.60. The molecular formula is C11H17NO3S. The zero-order valence-electron chi connectivity index (χ0n) is 9.35. The van der Waals surface area contributed by atoms with E-state index in [0.29, 0.717) is 23.6 Å². The van der Waals surface area contributed by atoms with Crippen LogP contribution in [0.15, 0.2) is 29.2 Å². The van der Waals surface area contributed by atoms with Crippen molar-refractivity contribution in [3.05, 3.63) is 24.3 Å². The topological polar surface area (TPSA) is 69.4 Å². The molecule has 0 fully saturated rings. The highest BCUT2D eigenvalue weighted by atomic mass is 32.2. The van der Waals surface area contributed by atoms with Crippen molar-refractivity contribution in [3.8, 4) is 5.75 Å². The quantitative estimate of drug-likeness (QED) is 0.762. The molecule has 0 bridgehead atoms. The number of sulfone groups is 1. The number of unbranched alkanes of at least 4 members (excludes halogenated alkanes) is 1. The Hall–Kier alpha value is -1.07. The molecule has 0 aromatic heterocycles. The van der Waals surface area contributed by atoms with Gasteiger partial charge in [0.2, 0.25) is 0 Å². The normalized spacial score (nSPS) is 11.4. The summed E-state index contributed by atoms with van der Waals surface area (Å²) in [6, 6.07) is 6.43. The molecule has 2 N–H and O–H groups in total. The summed E-state index contributed by atoms with van der Waals surface area (Å²) in [6.07, 6.45) is 1.33. The summed E-state index contributed by atoms with van der Waals surface area (Å²) >= 11 is 0. The van der Waals surface area contributed by atoms with Crippen LogP contribution in [0.5, 0.6) is 5.75 Å². The molecule has 1 aromatic rings. The van der Waals surface area contributed by atoms with Crippen molar-refractivity contribution in [2.45, 2.75) is 17.7 Å². The van der Waals surface area contributed by atoms with Crippen LogP contribution in [-0.2, 0) is 9.84 Å². The lowest BCUT2D eigenvalue weighted by Gasteiger charge is -2.05. The van der Waals surface area contributed by atoms with E-state index < -0.39 is 9.84 Å². The molecule has 1 rings (SSSR count). The molecule has 0 aliphatic heterocycles. The van der Waals surface area contributed by atoms with E-state index in [1.165, 1.54) is 0 Å². The van der Waals surface area contributed by atoms with Crippen molar-refractivity contribution in [2.75, 3.05) is 19.4 Å². The average molecular weight is 243 g/mol. The van der Waals surface area contributed by atoms with Gasteiger partial charge in [0.1, 0.15) is 5.75 Å². The van der Waals surface area contributed by atoms with Crippen molar-refractivity contribution in [1.82, 2.24) is 0 Å². The minimum Gasteiger partial charge on any atom is -0.497 e. The lowest BCUT2D eigenvalue weighted by molar-refractivity contribution is 0.414. The first-order valence-corrected chi connectivity index (χ1v) is 6.82. The lowest BCUT2D eigenvalue weighted by atomic mass is 10.3. The van der Waals surface area contributed by atoms with Gasteiger partial charge in [0.15, 0.2) is 9.84 Å². The Labute approximate surface area is 96.3 Å². The van der Waals surface area contributed by atoms with E-state index in [1.54, 1.807) is 31.4 Å². The largest absolute Gasteiger partial charge is 0.497 e. The Morgan fingerprint density at radius 2 is 1.81 bits per heavy atom. The molecule has 0 amide bonds. The van der Waals surface area contributed by atoms with E-state index in [0.717, 1.165) is 6.42 Å². The summed E-state index contributed by atoms with van der Waals surface area (Å²) in [7, 11) is -1.62. The fourth-order valence-electron chi connectivity index (χ4n) is 1.34. The van der Waals surface area contributed by atoms with E-state index in [9.17, 15) is 8.42 Å². The first kappa shape index (κ1) is 13.0. The Balaban J connectivity index is 2.74. The fraction of sp³-hybridized carbons (Fsp3) is 0.455. The first-order valence-electron chi connectivity index (χ1n) is 5.17. The van der Waals surface area contributed by atoms with Crippen molar-refractivity contribution in [2.24, 2.45) is 5.73 Å². The first-order chi connectivity index (χ1) is 7.60. The third kappa shape index (κ3) is 3.50. The summed E-state index contributed by atoms with van der Waals surface area (Å²) < 4.78 is 28.6. The number of ether oxygens (including phenoxy) is 1. The maximum Gasteiger partial charge on any atom is 0.178 e. The van der Waals surface area contributed by atoms with E-state index in [4.69, 9.17) is 10.5 Å². The van der Waals surface area contributed by atoms with E-state index in [-0.39, 0.29) is 5.75 Å². The molecule has 0 aliphatic rings. The van der Waals surface area contributed by atoms with Gasteiger partial charge >= 0.3 is 0 Å². The van der Waals surface area contributed by atoms with E-state index in [2.05, 4.69) is 0 Å². The third-order valence-corrected chi connectivity index (χ3v) is 4.10. The Bertz CT molecular complexity index is 411. The zero-order valence-corrected chi connectivity index (χ0v) is 10.2. The van der Waals surface area contributed by atoms with Gasteiger partial charge < -0.3 is 10.5 Å². The summed E-state index contributed by atoms with van der Waals surface area (Å²) in [6.45, 7) is 0.526. The van der Waals surface area contributed by atoms with Gasteiger partial charge in [0.05, 0.1) is 17.8 Å². The van der Waals surface area contributed by atoms with Gasteiger partial charge in [-0.05, 0) is 43.7 Å². The van der Waals surface area contributed by atoms with Crippen LogP contribution in [0.4, 0.5) is 0 Å². The predicted octanol–water partition coefficient (Wildman–Crippen LogP) is 1.21. The number of hydrogen-bond acceptors (Lipinski definition) is 4. The van der Waals surface area contributed by atoms with Gasteiger partial charge in [0.25, 0.3) is 0 Å². The molecule has 0 saturated heterocycles. The molecule has 0 unspecified atom stereocenters. The molecule has 0 radical (unpaired) electrons. The summed E-state index contributed by atoms with van der Waals surface area (Å²) in [4.78, 5) is 0.338. The molecular weight excluding hydrogens is 226 g/mol. The van der Waals surface area contributed by atoms with Crippen LogP contribution in [0, 0.1) is 0 Å². The molecule has 0 atom stereocenters. The zero-order chi connectivity index (χ0) is 12.0. The highest BCUT2D eigenvalue weighted by Crippen LogP contribution is 2.17. The van der Waals surface area contributed by atoms with Gasteiger partial charge in [-0.15, -0.1) is 0 Å². The maximum atomic E-state index is 11.8. The number of nitrogens with two attached hydrogens (primary N) is 1. The number of hydrogen-bond donors (Lipinski definition) is 1. The minimum absolute atomic E-state index is 0.149. The average Bonchev–Trinajstić information content (AvgIpc) is 2.29. The second-order valence-electron chi connectivity index (χ2n) is 3.49. The predicted molar refractivity (Wildman–Crippen MR) is 63.3 cm³/mol. The van der Waals surface area contributed by atoms with Crippen molar-refractivity contribution >= 4 is 9.84 Å². The molecule has 90 valence electrons. The van der Waals surface area contributed by atoms with E-state index in [1.807, 2.05) is 0 Å². The van der Waals surface area contributed by atoms with Crippen LogP contribution in [0.2, 0.25) is 0 Å². The monoisotopic (exact) mass is 243 g/mol. The number of benzene rings is 1. The molecule has 0 saturated carbocycles. The molecule has 0 heterocycles. The number of rotatable bonds is 6. The molecule has 0 aliphatic carbocycles. The van der Waals surface area contributed by atoms with Crippen LogP contribution in [0.3, 0.4) is 0 Å². The van der Waals surface area contributed by atoms with Gasteiger partial charge in [-0.1, -0.05) is 0 Å². The highest BCUT2D eigenvalue weighted by Gasteiger charge is 2.13. The van der Waals surface area contributed by atoms with Crippen molar-refractivity contribution < 1.29 is 13.2 Å². The Kier molecular flexibility index (Phi) is 4.76. The number of methoxy groups -OCH3 is 1. The second kappa shape index (κ2) is 5.86. The Morgan fingerprint density at radius 3 is 2.31 bits per heavy atom. The summed E-state index contributed by atoms with van der Waals surface area (Å²) in [5.41, 5.74) is 5.32. The molecule has 0 spiro atoms. The van der Waals surface area contributed by atoms with Crippen LogP contribution in [0.25, 0.3) is 0 Å². The van der Waals surface area contributed by atoms with Crippen LogP contribution in [-0.4, -0.2) is 27.8 Å².